The van der Waals surface area contributed by atoms with Gasteiger partial charge in [-0.2, -0.15) is 0 Å². The van der Waals surface area contributed by atoms with E-state index in [1.54, 1.807) is 12.1 Å². The molecule has 3 nitrogen and oxygen atoms in total. The van der Waals surface area contributed by atoms with Crippen LogP contribution in [0.1, 0.15) is 18.4 Å². The largest absolute Gasteiger partial charge is 0.381 e. The summed E-state index contributed by atoms with van der Waals surface area (Å²) in [5, 5.41) is 0.162. The van der Waals surface area contributed by atoms with Crippen molar-refractivity contribution in [2.75, 3.05) is 13.2 Å². The fourth-order valence-electron chi connectivity index (χ4n) is 2.40. The van der Waals surface area contributed by atoms with Crippen molar-refractivity contribution in [3.8, 4) is 0 Å². The van der Waals surface area contributed by atoms with Gasteiger partial charge in [0.2, 0.25) is 0 Å². The van der Waals surface area contributed by atoms with E-state index < -0.39 is 0 Å². The minimum absolute atomic E-state index is 0.162. The van der Waals surface area contributed by atoms with Crippen LogP contribution in [0.3, 0.4) is 0 Å². The molecule has 1 aromatic carbocycles. The second-order valence-corrected chi connectivity index (χ2v) is 5.08. The van der Waals surface area contributed by atoms with Crippen LogP contribution in [0, 0.1) is 11.7 Å². The normalized spacial score (nSPS) is 18.8. The number of hydrogen-bond acceptors (Lipinski definition) is 3. The van der Waals surface area contributed by atoms with Gasteiger partial charge in [0.05, 0.1) is 5.02 Å². The molecule has 1 aromatic rings. The van der Waals surface area contributed by atoms with E-state index in [1.165, 1.54) is 6.07 Å². The predicted octanol–water partition coefficient (Wildman–Crippen LogP) is 2.28. The van der Waals surface area contributed by atoms with Crippen LogP contribution in [0.4, 0.5) is 4.39 Å². The average Bonchev–Trinajstić information content (AvgIpc) is 2.41. The zero-order valence-electron chi connectivity index (χ0n) is 10.2. The van der Waals surface area contributed by atoms with Gasteiger partial charge in [-0.05, 0) is 42.9 Å². The molecule has 0 amide bonds. The maximum atomic E-state index is 13.1. The molecular weight excluding hydrogens is 255 g/mol. The lowest BCUT2D eigenvalue weighted by Gasteiger charge is -2.29. The molecule has 1 saturated heterocycles. The second kappa shape index (κ2) is 6.48. The minimum Gasteiger partial charge on any atom is -0.381 e. The van der Waals surface area contributed by atoms with Crippen molar-refractivity contribution in [3.63, 3.8) is 0 Å². The van der Waals surface area contributed by atoms with E-state index >= 15 is 0 Å². The van der Waals surface area contributed by atoms with Crippen molar-refractivity contribution in [1.82, 2.24) is 5.43 Å². The van der Waals surface area contributed by atoms with Gasteiger partial charge in [0.1, 0.15) is 5.82 Å². The molecule has 0 spiro atoms. The van der Waals surface area contributed by atoms with E-state index in [-0.39, 0.29) is 16.9 Å². The topological polar surface area (TPSA) is 47.3 Å². The lowest BCUT2D eigenvalue weighted by Crippen LogP contribution is -2.44. The number of benzene rings is 1. The molecule has 2 rings (SSSR count). The standard InChI is InChI=1S/C13H18ClFN2O/c14-11-7-9(1-2-12(11)15)8-13(17-16)10-3-5-18-6-4-10/h1-2,7,10,13,17H,3-6,8,16H2. The Morgan fingerprint density at radius 1 is 1.44 bits per heavy atom. The highest BCUT2D eigenvalue weighted by atomic mass is 35.5. The number of hydrazine groups is 1. The summed E-state index contributed by atoms with van der Waals surface area (Å²) in [6.07, 6.45) is 2.76. The molecule has 0 bridgehead atoms. The summed E-state index contributed by atoms with van der Waals surface area (Å²) in [4.78, 5) is 0. The molecule has 1 aliphatic heterocycles. The Bertz CT molecular complexity index is 397. The monoisotopic (exact) mass is 272 g/mol. The van der Waals surface area contributed by atoms with Gasteiger partial charge in [-0.15, -0.1) is 0 Å². The maximum Gasteiger partial charge on any atom is 0.141 e. The number of hydrogen-bond donors (Lipinski definition) is 2. The van der Waals surface area contributed by atoms with Gasteiger partial charge in [0.15, 0.2) is 0 Å². The van der Waals surface area contributed by atoms with Crippen LogP contribution < -0.4 is 11.3 Å². The van der Waals surface area contributed by atoms with Crippen LogP contribution in [-0.4, -0.2) is 19.3 Å². The third-order valence-corrected chi connectivity index (χ3v) is 3.78. The fourth-order valence-corrected chi connectivity index (χ4v) is 2.60. The van der Waals surface area contributed by atoms with Crippen LogP contribution in [0.5, 0.6) is 0 Å². The van der Waals surface area contributed by atoms with Gasteiger partial charge in [-0.3, -0.25) is 11.3 Å². The lowest BCUT2D eigenvalue weighted by atomic mass is 9.88. The maximum absolute atomic E-state index is 13.1. The fraction of sp³-hybridized carbons (Fsp3) is 0.538. The number of rotatable bonds is 4. The highest BCUT2D eigenvalue weighted by Gasteiger charge is 2.23. The van der Waals surface area contributed by atoms with Crippen LogP contribution in [0.25, 0.3) is 0 Å². The smallest absolute Gasteiger partial charge is 0.141 e. The van der Waals surface area contributed by atoms with Crippen LogP contribution in [0.15, 0.2) is 18.2 Å². The van der Waals surface area contributed by atoms with Crippen molar-refractivity contribution in [2.45, 2.75) is 25.3 Å². The Balaban J connectivity index is 2.02. The minimum atomic E-state index is -0.385. The van der Waals surface area contributed by atoms with E-state index in [0.29, 0.717) is 5.92 Å². The van der Waals surface area contributed by atoms with E-state index in [9.17, 15) is 4.39 Å². The quantitative estimate of drug-likeness (QED) is 0.653. The Kier molecular flexibility index (Phi) is 4.95. The molecule has 1 fully saturated rings. The van der Waals surface area contributed by atoms with Gasteiger partial charge < -0.3 is 4.74 Å². The lowest BCUT2D eigenvalue weighted by molar-refractivity contribution is 0.0538. The van der Waals surface area contributed by atoms with E-state index in [1.807, 2.05) is 0 Å². The first-order valence-electron chi connectivity index (χ1n) is 6.18. The van der Waals surface area contributed by atoms with E-state index in [2.05, 4.69) is 5.43 Å². The summed E-state index contributed by atoms with van der Waals surface area (Å²) >= 11 is 5.78. The predicted molar refractivity (Wildman–Crippen MR) is 69.8 cm³/mol. The van der Waals surface area contributed by atoms with Crippen LogP contribution in [0.2, 0.25) is 5.02 Å². The molecule has 1 heterocycles. The summed E-state index contributed by atoms with van der Waals surface area (Å²) in [5.41, 5.74) is 3.86. The molecule has 3 N–H and O–H groups in total. The SMILES string of the molecule is NNC(Cc1ccc(F)c(Cl)c1)C1CCOCC1. The van der Waals surface area contributed by atoms with Gasteiger partial charge in [-0.1, -0.05) is 17.7 Å². The first kappa shape index (κ1) is 13.7. The van der Waals surface area contributed by atoms with Gasteiger partial charge in [0, 0.05) is 19.3 Å². The van der Waals surface area contributed by atoms with Crippen molar-refractivity contribution in [1.29, 1.82) is 0 Å². The molecule has 0 aromatic heterocycles. The molecular formula is C13H18ClFN2O. The number of halogens is 2. The molecule has 1 unspecified atom stereocenters. The highest BCUT2D eigenvalue weighted by molar-refractivity contribution is 6.30. The Morgan fingerprint density at radius 2 is 2.17 bits per heavy atom. The third kappa shape index (κ3) is 3.42. The molecule has 1 aliphatic rings. The summed E-state index contributed by atoms with van der Waals surface area (Å²) in [6, 6.07) is 5.00. The molecule has 5 heteroatoms. The van der Waals surface area contributed by atoms with Crippen molar-refractivity contribution in [3.05, 3.63) is 34.6 Å². The number of nitrogens with two attached hydrogens (primary N) is 1. The van der Waals surface area contributed by atoms with Crippen molar-refractivity contribution < 1.29 is 9.13 Å². The first-order valence-corrected chi connectivity index (χ1v) is 6.56. The van der Waals surface area contributed by atoms with Gasteiger partial charge in [-0.25, -0.2) is 4.39 Å². The molecule has 100 valence electrons. The zero-order chi connectivity index (χ0) is 13.0. The van der Waals surface area contributed by atoms with Crippen LogP contribution >= 0.6 is 11.6 Å². The summed E-state index contributed by atoms with van der Waals surface area (Å²) in [7, 11) is 0. The van der Waals surface area contributed by atoms with Gasteiger partial charge in [0.25, 0.3) is 0 Å². The summed E-state index contributed by atoms with van der Waals surface area (Å²) in [5.74, 6) is 5.73. The molecule has 0 radical (unpaired) electrons. The highest BCUT2D eigenvalue weighted by Crippen LogP contribution is 2.23. The average molecular weight is 273 g/mol. The summed E-state index contributed by atoms with van der Waals surface area (Å²) < 4.78 is 18.4. The number of nitrogens with one attached hydrogen (secondary N) is 1. The van der Waals surface area contributed by atoms with Crippen molar-refractivity contribution >= 4 is 11.6 Å². The van der Waals surface area contributed by atoms with Crippen molar-refractivity contribution in [2.24, 2.45) is 11.8 Å². The zero-order valence-corrected chi connectivity index (χ0v) is 10.9. The molecule has 1 atom stereocenters. The Morgan fingerprint density at radius 3 is 2.78 bits per heavy atom. The second-order valence-electron chi connectivity index (χ2n) is 4.68. The van der Waals surface area contributed by atoms with E-state index in [0.717, 1.165) is 38.0 Å². The van der Waals surface area contributed by atoms with Crippen LogP contribution in [-0.2, 0) is 11.2 Å². The molecule has 0 saturated carbocycles. The third-order valence-electron chi connectivity index (χ3n) is 3.49. The number of ether oxygens (including phenoxy) is 1. The Hall–Kier alpha value is -0.680. The molecule has 18 heavy (non-hydrogen) atoms. The van der Waals surface area contributed by atoms with Gasteiger partial charge >= 0.3 is 0 Å². The molecule has 0 aliphatic carbocycles. The first-order chi connectivity index (χ1) is 8.70. The summed E-state index contributed by atoms with van der Waals surface area (Å²) in [6.45, 7) is 1.57. The van der Waals surface area contributed by atoms with E-state index in [4.69, 9.17) is 22.2 Å². The Labute approximate surface area is 111 Å².